The monoisotopic (exact) mass is 315 g/mol. The number of aryl methyl sites for hydroxylation is 1. The molecule has 0 aliphatic heterocycles. The van der Waals surface area contributed by atoms with Gasteiger partial charge < -0.3 is 11.1 Å². The standard InChI is InChI=1S/C17H21N3OS/c1-11-5-7-12(8-6-11)15-10-22-17(19-15)20-16(21)13-3-2-4-14(18)9-13/h5-8,10,13-14H,2-4,9,18H2,1H3,(H,19,20,21). The van der Waals surface area contributed by atoms with Gasteiger partial charge in [0.25, 0.3) is 0 Å². The molecular formula is C17H21N3OS. The number of thiazole rings is 1. The molecule has 0 saturated heterocycles. The Morgan fingerprint density at radius 1 is 1.32 bits per heavy atom. The minimum atomic E-state index is 0.0236. The number of rotatable bonds is 3. The number of benzene rings is 1. The Bertz CT molecular complexity index is 650. The van der Waals surface area contributed by atoms with Crippen LogP contribution in [0.25, 0.3) is 11.3 Å². The molecule has 3 rings (SSSR count). The van der Waals surface area contributed by atoms with E-state index in [1.54, 1.807) is 0 Å². The largest absolute Gasteiger partial charge is 0.328 e. The van der Waals surface area contributed by atoms with Crippen molar-refractivity contribution in [3.05, 3.63) is 35.2 Å². The van der Waals surface area contributed by atoms with Gasteiger partial charge in [0, 0.05) is 22.9 Å². The Hall–Kier alpha value is -1.72. The number of nitrogens with two attached hydrogens (primary N) is 1. The molecule has 3 N–H and O–H groups in total. The highest BCUT2D eigenvalue weighted by Gasteiger charge is 2.25. The fraction of sp³-hybridized carbons (Fsp3) is 0.412. The Balaban J connectivity index is 1.66. The van der Waals surface area contributed by atoms with Crippen LogP contribution in [0.5, 0.6) is 0 Å². The first-order valence-corrected chi connectivity index (χ1v) is 8.59. The third-order valence-corrected chi connectivity index (χ3v) is 4.92. The molecule has 5 heteroatoms. The molecule has 1 heterocycles. The van der Waals surface area contributed by atoms with E-state index in [4.69, 9.17) is 5.73 Å². The number of nitrogens with zero attached hydrogens (tertiary/aromatic N) is 1. The molecule has 0 bridgehead atoms. The summed E-state index contributed by atoms with van der Waals surface area (Å²) in [7, 11) is 0. The van der Waals surface area contributed by atoms with Gasteiger partial charge in [-0.2, -0.15) is 0 Å². The molecule has 1 aromatic heterocycles. The normalized spacial score (nSPS) is 21.5. The van der Waals surface area contributed by atoms with E-state index in [9.17, 15) is 4.79 Å². The zero-order chi connectivity index (χ0) is 15.5. The number of carbonyl (C=O) groups excluding carboxylic acids is 1. The first kappa shape index (κ1) is 15.2. The summed E-state index contributed by atoms with van der Waals surface area (Å²) in [5, 5.41) is 5.59. The van der Waals surface area contributed by atoms with Crippen molar-refractivity contribution in [2.75, 3.05) is 5.32 Å². The summed E-state index contributed by atoms with van der Waals surface area (Å²) in [6.07, 6.45) is 3.77. The van der Waals surface area contributed by atoms with E-state index in [0.29, 0.717) is 5.13 Å². The number of nitrogens with one attached hydrogen (secondary N) is 1. The summed E-state index contributed by atoms with van der Waals surface area (Å²) in [4.78, 5) is 16.8. The average Bonchev–Trinajstić information content (AvgIpc) is 2.96. The smallest absolute Gasteiger partial charge is 0.229 e. The molecule has 22 heavy (non-hydrogen) atoms. The highest BCUT2D eigenvalue weighted by Crippen LogP contribution is 2.28. The molecule has 1 aromatic carbocycles. The van der Waals surface area contributed by atoms with Crippen LogP contribution in [0.2, 0.25) is 0 Å². The van der Waals surface area contributed by atoms with E-state index in [0.717, 1.165) is 36.9 Å². The molecule has 1 saturated carbocycles. The highest BCUT2D eigenvalue weighted by atomic mass is 32.1. The Kier molecular flexibility index (Phi) is 4.55. The molecule has 0 radical (unpaired) electrons. The predicted octanol–water partition coefficient (Wildman–Crippen LogP) is 3.57. The SMILES string of the molecule is Cc1ccc(-c2csc(NC(=O)C3CCCC(N)C3)n2)cc1. The van der Waals surface area contributed by atoms with Gasteiger partial charge in [-0.15, -0.1) is 11.3 Å². The van der Waals surface area contributed by atoms with Gasteiger partial charge in [-0.05, 0) is 26.2 Å². The first-order valence-electron chi connectivity index (χ1n) is 7.71. The maximum absolute atomic E-state index is 12.3. The molecule has 2 unspecified atom stereocenters. The maximum Gasteiger partial charge on any atom is 0.229 e. The fourth-order valence-electron chi connectivity index (χ4n) is 2.86. The van der Waals surface area contributed by atoms with E-state index >= 15 is 0 Å². The predicted molar refractivity (Wildman–Crippen MR) is 90.9 cm³/mol. The van der Waals surface area contributed by atoms with Gasteiger partial charge in [-0.1, -0.05) is 36.2 Å². The lowest BCUT2D eigenvalue weighted by molar-refractivity contribution is -0.120. The lowest BCUT2D eigenvalue weighted by atomic mass is 9.86. The van der Waals surface area contributed by atoms with E-state index in [1.807, 2.05) is 5.38 Å². The van der Waals surface area contributed by atoms with Gasteiger partial charge in [-0.3, -0.25) is 4.79 Å². The second kappa shape index (κ2) is 6.58. The van der Waals surface area contributed by atoms with Crippen LogP contribution in [0.3, 0.4) is 0 Å². The summed E-state index contributed by atoms with van der Waals surface area (Å²) in [5.74, 6) is 0.0791. The molecule has 4 nitrogen and oxygen atoms in total. The number of aromatic nitrogens is 1. The number of hydrogen-bond donors (Lipinski definition) is 2. The molecule has 2 aromatic rings. The van der Waals surface area contributed by atoms with Crippen molar-refractivity contribution in [3.63, 3.8) is 0 Å². The van der Waals surface area contributed by atoms with Gasteiger partial charge in [-0.25, -0.2) is 4.98 Å². The van der Waals surface area contributed by atoms with Crippen molar-refractivity contribution >= 4 is 22.4 Å². The maximum atomic E-state index is 12.3. The van der Waals surface area contributed by atoms with Crippen LogP contribution in [0.4, 0.5) is 5.13 Å². The average molecular weight is 315 g/mol. The summed E-state index contributed by atoms with van der Waals surface area (Å²) in [6, 6.07) is 8.39. The van der Waals surface area contributed by atoms with Crippen molar-refractivity contribution < 1.29 is 4.79 Å². The Labute approximate surface area is 134 Å². The quantitative estimate of drug-likeness (QED) is 0.909. The third kappa shape index (κ3) is 3.54. The molecule has 1 amide bonds. The third-order valence-electron chi connectivity index (χ3n) is 4.17. The van der Waals surface area contributed by atoms with Crippen molar-refractivity contribution in [1.82, 2.24) is 4.98 Å². The molecule has 1 fully saturated rings. The van der Waals surface area contributed by atoms with E-state index < -0.39 is 0 Å². The van der Waals surface area contributed by atoms with Crippen LogP contribution in [0.15, 0.2) is 29.6 Å². The summed E-state index contributed by atoms with van der Waals surface area (Å²) in [6.45, 7) is 2.06. The van der Waals surface area contributed by atoms with Gasteiger partial charge in [0.2, 0.25) is 5.91 Å². The minimum Gasteiger partial charge on any atom is -0.328 e. The van der Waals surface area contributed by atoms with E-state index in [-0.39, 0.29) is 17.9 Å². The van der Waals surface area contributed by atoms with Gasteiger partial charge in [0.05, 0.1) is 5.69 Å². The van der Waals surface area contributed by atoms with Gasteiger partial charge >= 0.3 is 0 Å². The van der Waals surface area contributed by atoms with Crippen LogP contribution in [0.1, 0.15) is 31.2 Å². The number of amides is 1. The van der Waals surface area contributed by atoms with Crippen molar-refractivity contribution in [1.29, 1.82) is 0 Å². The topological polar surface area (TPSA) is 68.0 Å². The van der Waals surface area contributed by atoms with Gasteiger partial charge in [0.15, 0.2) is 5.13 Å². The van der Waals surface area contributed by atoms with E-state index in [2.05, 4.69) is 41.5 Å². The van der Waals surface area contributed by atoms with Crippen LogP contribution in [0, 0.1) is 12.8 Å². The Morgan fingerprint density at radius 2 is 2.09 bits per heavy atom. The zero-order valence-electron chi connectivity index (χ0n) is 12.7. The first-order chi connectivity index (χ1) is 10.6. The van der Waals surface area contributed by atoms with Crippen LogP contribution < -0.4 is 11.1 Å². The molecule has 1 aliphatic rings. The summed E-state index contributed by atoms with van der Waals surface area (Å²) in [5.41, 5.74) is 9.15. The molecular weight excluding hydrogens is 294 g/mol. The molecule has 0 spiro atoms. The number of carbonyl (C=O) groups is 1. The number of anilines is 1. The second-order valence-electron chi connectivity index (χ2n) is 6.02. The van der Waals surface area contributed by atoms with Gasteiger partial charge in [0.1, 0.15) is 0 Å². The number of hydrogen-bond acceptors (Lipinski definition) is 4. The minimum absolute atomic E-state index is 0.0236. The van der Waals surface area contributed by atoms with Crippen LogP contribution in [-0.4, -0.2) is 16.9 Å². The Morgan fingerprint density at radius 3 is 2.82 bits per heavy atom. The molecule has 2 atom stereocenters. The van der Waals surface area contributed by atoms with Crippen LogP contribution >= 0.6 is 11.3 Å². The lowest BCUT2D eigenvalue weighted by Gasteiger charge is -2.25. The van der Waals surface area contributed by atoms with E-state index in [1.165, 1.54) is 16.9 Å². The highest BCUT2D eigenvalue weighted by molar-refractivity contribution is 7.14. The van der Waals surface area contributed by atoms with Crippen molar-refractivity contribution in [3.8, 4) is 11.3 Å². The zero-order valence-corrected chi connectivity index (χ0v) is 13.5. The summed E-state index contributed by atoms with van der Waals surface area (Å²) < 4.78 is 0. The second-order valence-corrected chi connectivity index (χ2v) is 6.87. The molecule has 116 valence electrons. The molecule has 1 aliphatic carbocycles. The lowest BCUT2D eigenvalue weighted by Crippen LogP contribution is -2.34. The summed E-state index contributed by atoms with van der Waals surface area (Å²) >= 11 is 1.47. The van der Waals surface area contributed by atoms with Crippen molar-refractivity contribution in [2.45, 2.75) is 38.6 Å². The van der Waals surface area contributed by atoms with Crippen LogP contribution in [-0.2, 0) is 4.79 Å². The van der Waals surface area contributed by atoms with Crippen molar-refractivity contribution in [2.24, 2.45) is 11.7 Å². The fourth-order valence-corrected chi connectivity index (χ4v) is 3.58.